The van der Waals surface area contributed by atoms with Gasteiger partial charge < -0.3 is 15.4 Å². The average Bonchev–Trinajstić information content (AvgIpc) is 2.41. The van der Waals surface area contributed by atoms with Gasteiger partial charge in [-0.2, -0.15) is 0 Å². The summed E-state index contributed by atoms with van der Waals surface area (Å²) in [6, 6.07) is 13.7. The number of nitrogens with one attached hydrogen (secondary N) is 1. The van der Waals surface area contributed by atoms with Gasteiger partial charge in [0.15, 0.2) is 0 Å². The SMILES string of the molecule is Cc1ccc(NC(=O)c2cccc(B(O)O)c2)cc1. The maximum Gasteiger partial charge on any atom is 0.488 e. The molecule has 0 radical (unpaired) electrons. The van der Waals surface area contributed by atoms with Crippen LogP contribution in [0.3, 0.4) is 0 Å². The Morgan fingerprint density at radius 1 is 1.11 bits per heavy atom. The van der Waals surface area contributed by atoms with Crippen molar-refractivity contribution < 1.29 is 14.8 Å². The van der Waals surface area contributed by atoms with Crippen LogP contribution in [0.15, 0.2) is 48.5 Å². The Hall–Kier alpha value is -2.11. The first-order valence-electron chi connectivity index (χ1n) is 5.90. The number of aryl methyl sites for hydroxylation is 1. The first kappa shape index (κ1) is 13.3. The average molecular weight is 255 g/mol. The van der Waals surface area contributed by atoms with E-state index < -0.39 is 7.12 Å². The molecule has 0 heterocycles. The molecule has 1 amide bonds. The van der Waals surface area contributed by atoms with E-state index in [0.717, 1.165) is 5.56 Å². The Morgan fingerprint density at radius 2 is 1.79 bits per heavy atom. The van der Waals surface area contributed by atoms with E-state index in [1.54, 1.807) is 18.2 Å². The third-order valence-electron chi connectivity index (χ3n) is 2.76. The quantitative estimate of drug-likeness (QED) is 0.714. The van der Waals surface area contributed by atoms with Crippen LogP contribution in [0.5, 0.6) is 0 Å². The molecule has 2 aromatic rings. The van der Waals surface area contributed by atoms with Crippen LogP contribution in [0, 0.1) is 6.92 Å². The van der Waals surface area contributed by atoms with E-state index in [4.69, 9.17) is 10.0 Å². The van der Waals surface area contributed by atoms with Crippen molar-refractivity contribution in [2.45, 2.75) is 6.92 Å². The molecule has 3 N–H and O–H groups in total. The fourth-order valence-electron chi connectivity index (χ4n) is 1.68. The summed E-state index contributed by atoms with van der Waals surface area (Å²) in [5, 5.41) is 20.9. The molecule has 0 aliphatic heterocycles. The maximum absolute atomic E-state index is 12.0. The first-order chi connectivity index (χ1) is 9.06. The lowest BCUT2D eigenvalue weighted by Gasteiger charge is -2.07. The molecule has 0 spiro atoms. The van der Waals surface area contributed by atoms with Crippen LogP contribution in [-0.2, 0) is 0 Å². The predicted molar refractivity (Wildman–Crippen MR) is 75.4 cm³/mol. The Balaban J connectivity index is 2.15. The molecule has 0 fully saturated rings. The lowest BCUT2D eigenvalue weighted by molar-refractivity contribution is 0.102. The largest absolute Gasteiger partial charge is 0.488 e. The molecule has 4 nitrogen and oxygen atoms in total. The van der Waals surface area contributed by atoms with Crippen LogP contribution in [0.4, 0.5) is 5.69 Å². The minimum atomic E-state index is -1.58. The van der Waals surface area contributed by atoms with Crippen molar-refractivity contribution in [1.82, 2.24) is 0 Å². The number of amides is 1. The van der Waals surface area contributed by atoms with Gasteiger partial charge in [0.05, 0.1) is 0 Å². The summed E-state index contributed by atoms with van der Waals surface area (Å²) >= 11 is 0. The summed E-state index contributed by atoms with van der Waals surface area (Å²) in [6.07, 6.45) is 0. The van der Waals surface area contributed by atoms with Gasteiger partial charge in [-0.15, -0.1) is 0 Å². The van der Waals surface area contributed by atoms with Gasteiger partial charge in [-0.1, -0.05) is 29.8 Å². The molecule has 0 aromatic heterocycles. The highest BCUT2D eigenvalue weighted by atomic mass is 16.4. The Labute approximate surface area is 111 Å². The maximum atomic E-state index is 12.0. The topological polar surface area (TPSA) is 69.6 Å². The van der Waals surface area contributed by atoms with E-state index in [9.17, 15) is 4.79 Å². The van der Waals surface area contributed by atoms with Crippen molar-refractivity contribution in [3.05, 3.63) is 59.7 Å². The van der Waals surface area contributed by atoms with E-state index in [1.807, 2.05) is 31.2 Å². The first-order valence-corrected chi connectivity index (χ1v) is 5.90. The summed E-state index contributed by atoms with van der Waals surface area (Å²) < 4.78 is 0. The summed E-state index contributed by atoms with van der Waals surface area (Å²) in [6.45, 7) is 1.97. The highest BCUT2D eigenvalue weighted by molar-refractivity contribution is 6.58. The van der Waals surface area contributed by atoms with Crippen LogP contribution >= 0.6 is 0 Å². The number of hydrogen-bond acceptors (Lipinski definition) is 3. The van der Waals surface area contributed by atoms with Gasteiger partial charge in [0, 0.05) is 11.3 Å². The molecule has 0 unspecified atom stereocenters. The summed E-state index contributed by atoms with van der Waals surface area (Å²) in [7, 11) is -1.58. The van der Waals surface area contributed by atoms with Gasteiger partial charge in [0.2, 0.25) is 0 Å². The molecule has 0 atom stereocenters. The van der Waals surface area contributed by atoms with Crippen molar-refractivity contribution >= 4 is 24.2 Å². The van der Waals surface area contributed by atoms with Crippen LogP contribution < -0.4 is 10.8 Å². The second kappa shape index (κ2) is 5.69. The molecule has 0 saturated carbocycles. The van der Waals surface area contributed by atoms with Gasteiger partial charge in [0.25, 0.3) is 5.91 Å². The second-order valence-corrected chi connectivity index (χ2v) is 4.32. The van der Waals surface area contributed by atoms with E-state index in [-0.39, 0.29) is 11.4 Å². The van der Waals surface area contributed by atoms with Gasteiger partial charge >= 0.3 is 7.12 Å². The van der Waals surface area contributed by atoms with Crippen molar-refractivity contribution in [3.63, 3.8) is 0 Å². The zero-order valence-electron chi connectivity index (χ0n) is 10.5. The molecule has 96 valence electrons. The lowest BCUT2D eigenvalue weighted by atomic mass is 9.79. The Bertz CT molecular complexity index is 581. The van der Waals surface area contributed by atoms with E-state index in [2.05, 4.69) is 5.32 Å². The molecule has 0 aliphatic rings. The van der Waals surface area contributed by atoms with Gasteiger partial charge in [-0.3, -0.25) is 4.79 Å². The third-order valence-corrected chi connectivity index (χ3v) is 2.76. The fraction of sp³-hybridized carbons (Fsp3) is 0.0714. The summed E-state index contributed by atoms with van der Waals surface area (Å²) in [5.41, 5.74) is 2.48. The van der Waals surface area contributed by atoms with Crippen LogP contribution in [-0.4, -0.2) is 23.1 Å². The van der Waals surface area contributed by atoms with Crippen LogP contribution in [0.1, 0.15) is 15.9 Å². The zero-order chi connectivity index (χ0) is 13.8. The Morgan fingerprint density at radius 3 is 2.42 bits per heavy atom. The molecule has 0 bridgehead atoms. The van der Waals surface area contributed by atoms with Crippen LogP contribution in [0.2, 0.25) is 0 Å². The van der Waals surface area contributed by atoms with E-state index in [1.165, 1.54) is 6.07 Å². The molecular weight excluding hydrogens is 241 g/mol. The minimum absolute atomic E-state index is 0.286. The number of hydrogen-bond donors (Lipinski definition) is 3. The van der Waals surface area contributed by atoms with Crippen molar-refractivity contribution in [3.8, 4) is 0 Å². The molecule has 19 heavy (non-hydrogen) atoms. The smallest absolute Gasteiger partial charge is 0.423 e. The van der Waals surface area contributed by atoms with Crippen molar-refractivity contribution in [2.24, 2.45) is 0 Å². The monoisotopic (exact) mass is 255 g/mol. The zero-order valence-corrected chi connectivity index (χ0v) is 10.5. The number of benzene rings is 2. The number of rotatable bonds is 3. The fourth-order valence-corrected chi connectivity index (χ4v) is 1.68. The molecule has 0 saturated heterocycles. The van der Waals surface area contributed by atoms with Gasteiger partial charge in [-0.05, 0) is 36.7 Å². The standard InChI is InChI=1S/C14H14BNO3/c1-10-5-7-13(8-6-10)16-14(17)11-3-2-4-12(9-11)15(18)19/h2-9,18-19H,1H3,(H,16,17). The minimum Gasteiger partial charge on any atom is -0.423 e. The summed E-state index contributed by atoms with van der Waals surface area (Å²) in [5.74, 6) is -0.286. The highest BCUT2D eigenvalue weighted by Crippen LogP contribution is 2.10. The van der Waals surface area contributed by atoms with Crippen LogP contribution in [0.25, 0.3) is 0 Å². The second-order valence-electron chi connectivity index (χ2n) is 4.32. The van der Waals surface area contributed by atoms with Crippen molar-refractivity contribution in [2.75, 3.05) is 5.32 Å². The molecular formula is C14H14BNO3. The normalized spacial score (nSPS) is 10.1. The third kappa shape index (κ3) is 3.43. The van der Waals surface area contributed by atoms with Crippen molar-refractivity contribution in [1.29, 1.82) is 0 Å². The Kier molecular flexibility index (Phi) is 3.99. The van der Waals surface area contributed by atoms with E-state index >= 15 is 0 Å². The number of anilines is 1. The molecule has 5 heteroatoms. The highest BCUT2D eigenvalue weighted by Gasteiger charge is 2.13. The number of carbonyl (C=O) groups excluding carboxylic acids is 1. The number of carbonyl (C=O) groups is 1. The van der Waals surface area contributed by atoms with E-state index in [0.29, 0.717) is 11.3 Å². The van der Waals surface area contributed by atoms with Gasteiger partial charge in [0.1, 0.15) is 0 Å². The predicted octanol–water partition coefficient (Wildman–Crippen LogP) is 0.927. The van der Waals surface area contributed by atoms with Gasteiger partial charge in [-0.25, -0.2) is 0 Å². The molecule has 2 rings (SSSR count). The molecule has 0 aliphatic carbocycles. The lowest BCUT2D eigenvalue weighted by Crippen LogP contribution is -2.30. The summed E-state index contributed by atoms with van der Waals surface area (Å²) in [4.78, 5) is 12.0. The molecule has 2 aromatic carbocycles.